The third-order valence-electron chi connectivity index (χ3n) is 1.73. The highest BCUT2D eigenvalue weighted by Crippen LogP contribution is 2.03. The lowest BCUT2D eigenvalue weighted by Crippen LogP contribution is -2.17. The van der Waals surface area contributed by atoms with Crippen molar-refractivity contribution in [1.29, 1.82) is 10.5 Å². The average Bonchev–Trinajstić information content (AvgIpc) is 2.18. The third-order valence-corrected chi connectivity index (χ3v) is 1.73. The SMILES string of the molecule is CN(CC#N)Cc1ccnc(C#N)c1. The molecule has 0 bridgehead atoms. The fourth-order valence-electron chi connectivity index (χ4n) is 1.12. The molecule has 70 valence electrons. The first-order valence-corrected chi connectivity index (χ1v) is 4.17. The lowest BCUT2D eigenvalue weighted by Gasteiger charge is -2.11. The molecule has 0 spiro atoms. The smallest absolute Gasteiger partial charge is 0.140 e. The number of hydrogen-bond acceptors (Lipinski definition) is 4. The minimum atomic E-state index is 0.379. The Labute approximate surface area is 83.0 Å². The van der Waals surface area contributed by atoms with Crippen molar-refractivity contribution >= 4 is 0 Å². The highest BCUT2D eigenvalue weighted by molar-refractivity contribution is 5.25. The van der Waals surface area contributed by atoms with Crippen molar-refractivity contribution in [3.8, 4) is 12.1 Å². The third kappa shape index (κ3) is 2.85. The van der Waals surface area contributed by atoms with Crippen LogP contribution in [0.1, 0.15) is 11.3 Å². The van der Waals surface area contributed by atoms with E-state index in [1.165, 1.54) is 0 Å². The van der Waals surface area contributed by atoms with Gasteiger partial charge >= 0.3 is 0 Å². The van der Waals surface area contributed by atoms with Crippen LogP contribution < -0.4 is 0 Å². The van der Waals surface area contributed by atoms with Crippen LogP contribution in [-0.4, -0.2) is 23.5 Å². The molecule has 4 heteroatoms. The molecule has 0 radical (unpaired) electrons. The minimum absolute atomic E-state index is 0.379. The maximum Gasteiger partial charge on any atom is 0.140 e. The summed E-state index contributed by atoms with van der Waals surface area (Å²) in [6.45, 7) is 1.04. The van der Waals surface area contributed by atoms with Gasteiger partial charge in [0, 0.05) is 12.7 Å². The molecular formula is C10H10N4. The van der Waals surface area contributed by atoms with Gasteiger partial charge in [0.1, 0.15) is 11.8 Å². The second-order valence-corrected chi connectivity index (χ2v) is 2.99. The van der Waals surface area contributed by atoms with E-state index in [-0.39, 0.29) is 0 Å². The minimum Gasteiger partial charge on any atom is -0.289 e. The monoisotopic (exact) mass is 186 g/mol. The van der Waals surface area contributed by atoms with Gasteiger partial charge in [-0.3, -0.25) is 4.90 Å². The Bertz CT molecular complexity index is 386. The van der Waals surface area contributed by atoms with Gasteiger partial charge in [0.2, 0.25) is 0 Å². The molecule has 0 N–H and O–H groups in total. The Balaban J connectivity index is 2.69. The maximum atomic E-state index is 8.62. The lowest BCUT2D eigenvalue weighted by atomic mass is 10.2. The molecule has 0 saturated carbocycles. The number of rotatable bonds is 3. The molecule has 0 fully saturated rings. The summed E-state index contributed by atoms with van der Waals surface area (Å²) in [4.78, 5) is 5.74. The maximum absolute atomic E-state index is 8.62. The van der Waals surface area contributed by atoms with E-state index in [2.05, 4.69) is 11.1 Å². The van der Waals surface area contributed by atoms with Gasteiger partial charge in [-0.05, 0) is 24.7 Å². The number of nitrogens with zero attached hydrogens (tertiary/aromatic N) is 4. The second kappa shape index (κ2) is 4.96. The van der Waals surface area contributed by atoms with Crippen molar-refractivity contribution in [2.24, 2.45) is 0 Å². The Morgan fingerprint density at radius 3 is 2.93 bits per heavy atom. The summed E-state index contributed by atoms with van der Waals surface area (Å²) in [5, 5.41) is 17.1. The Hall–Kier alpha value is -1.91. The molecule has 0 saturated heterocycles. The Morgan fingerprint density at radius 1 is 1.50 bits per heavy atom. The van der Waals surface area contributed by atoms with E-state index in [4.69, 9.17) is 10.5 Å². The Morgan fingerprint density at radius 2 is 2.29 bits per heavy atom. The molecule has 1 aromatic heterocycles. The van der Waals surface area contributed by atoms with Crippen molar-refractivity contribution in [3.63, 3.8) is 0 Å². The normalized spacial score (nSPS) is 9.43. The van der Waals surface area contributed by atoms with Crippen molar-refractivity contribution in [2.45, 2.75) is 6.54 Å². The average molecular weight is 186 g/mol. The zero-order valence-corrected chi connectivity index (χ0v) is 7.94. The summed E-state index contributed by atoms with van der Waals surface area (Å²) >= 11 is 0. The van der Waals surface area contributed by atoms with Crippen LogP contribution in [0, 0.1) is 22.7 Å². The van der Waals surface area contributed by atoms with Gasteiger partial charge in [0.05, 0.1) is 12.6 Å². The van der Waals surface area contributed by atoms with E-state index in [1.807, 2.05) is 24.1 Å². The molecule has 1 heterocycles. The zero-order chi connectivity index (χ0) is 10.4. The summed E-state index contributed by atoms with van der Waals surface area (Å²) in [5.41, 5.74) is 1.40. The molecule has 0 atom stereocenters. The zero-order valence-electron chi connectivity index (χ0n) is 7.94. The molecule has 0 unspecified atom stereocenters. The van der Waals surface area contributed by atoms with Crippen LogP contribution in [0.2, 0.25) is 0 Å². The van der Waals surface area contributed by atoms with Gasteiger partial charge in [0.15, 0.2) is 0 Å². The van der Waals surface area contributed by atoms with Gasteiger partial charge in [0.25, 0.3) is 0 Å². The van der Waals surface area contributed by atoms with Crippen LogP contribution >= 0.6 is 0 Å². The van der Waals surface area contributed by atoms with Crippen LogP contribution in [0.5, 0.6) is 0 Å². The summed E-state index contributed by atoms with van der Waals surface area (Å²) in [6, 6.07) is 7.61. The van der Waals surface area contributed by atoms with Gasteiger partial charge in [-0.2, -0.15) is 10.5 Å². The first kappa shape index (κ1) is 10.2. The van der Waals surface area contributed by atoms with Crippen LogP contribution in [0.4, 0.5) is 0 Å². The molecule has 0 amide bonds. The predicted molar refractivity (Wildman–Crippen MR) is 50.9 cm³/mol. The fraction of sp³-hybridized carbons (Fsp3) is 0.300. The van der Waals surface area contributed by atoms with Crippen LogP contribution in [-0.2, 0) is 6.54 Å². The molecule has 0 aliphatic rings. The van der Waals surface area contributed by atoms with E-state index in [9.17, 15) is 0 Å². The quantitative estimate of drug-likeness (QED) is 0.658. The van der Waals surface area contributed by atoms with Crippen LogP contribution in [0.25, 0.3) is 0 Å². The lowest BCUT2D eigenvalue weighted by molar-refractivity contribution is 0.367. The van der Waals surface area contributed by atoms with Gasteiger partial charge in [-0.25, -0.2) is 4.98 Å². The summed E-state index contributed by atoms with van der Waals surface area (Å²) in [5.74, 6) is 0. The molecule has 1 rings (SSSR count). The number of hydrogen-bond donors (Lipinski definition) is 0. The summed E-state index contributed by atoms with van der Waals surface area (Å²) in [7, 11) is 1.86. The predicted octanol–water partition coefficient (Wildman–Crippen LogP) is 0.909. The Kier molecular flexibility index (Phi) is 3.60. The van der Waals surface area contributed by atoms with Gasteiger partial charge in [-0.15, -0.1) is 0 Å². The van der Waals surface area contributed by atoms with Crippen LogP contribution in [0.3, 0.4) is 0 Å². The van der Waals surface area contributed by atoms with Crippen LogP contribution in [0.15, 0.2) is 18.3 Å². The van der Waals surface area contributed by atoms with Crippen molar-refractivity contribution in [2.75, 3.05) is 13.6 Å². The van der Waals surface area contributed by atoms with Crippen molar-refractivity contribution in [3.05, 3.63) is 29.6 Å². The summed E-state index contributed by atoms with van der Waals surface area (Å²) < 4.78 is 0. The fourth-order valence-corrected chi connectivity index (χ4v) is 1.12. The van der Waals surface area contributed by atoms with Crippen molar-refractivity contribution in [1.82, 2.24) is 9.88 Å². The number of nitriles is 2. The van der Waals surface area contributed by atoms with Gasteiger partial charge in [-0.1, -0.05) is 0 Å². The van der Waals surface area contributed by atoms with Gasteiger partial charge < -0.3 is 0 Å². The van der Waals surface area contributed by atoms with E-state index < -0.39 is 0 Å². The molecular weight excluding hydrogens is 176 g/mol. The van der Waals surface area contributed by atoms with E-state index in [1.54, 1.807) is 12.3 Å². The van der Waals surface area contributed by atoms with E-state index in [0.717, 1.165) is 5.56 Å². The largest absolute Gasteiger partial charge is 0.289 e. The number of aromatic nitrogens is 1. The summed E-state index contributed by atoms with van der Waals surface area (Å²) in [6.07, 6.45) is 1.61. The molecule has 0 aliphatic carbocycles. The first-order valence-electron chi connectivity index (χ1n) is 4.17. The highest BCUT2D eigenvalue weighted by Gasteiger charge is 2.00. The van der Waals surface area contributed by atoms with Crippen molar-refractivity contribution < 1.29 is 0 Å². The topological polar surface area (TPSA) is 63.7 Å². The second-order valence-electron chi connectivity index (χ2n) is 2.99. The standard InChI is InChI=1S/C10H10N4/c1-14(5-3-11)8-9-2-4-13-10(6-9)7-12/h2,4,6H,5,8H2,1H3. The molecule has 14 heavy (non-hydrogen) atoms. The highest BCUT2D eigenvalue weighted by atomic mass is 15.1. The molecule has 0 aromatic carbocycles. The number of pyridine rings is 1. The molecule has 1 aromatic rings. The van der Waals surface area contributed by atoms with E-state index >= 15 is 0 Å². The van der Waals surface area contributed by atoms with E-state index in [0.29, 0.717) is 18.8 Å². The molecule has 4 nitrogen and oxygen atoms in total. The first-order chi connectivity index (χ1) is 6.76. The molecule has 0 aliphatic heterocycles.